The van der Waals surface area contributed by atoms with Gasteiger partial charge in [-0.05, 0) is 89.9 Å². The Hall–Kier alpha value is -2.89. The number of unbranched alkanes of at least 4 members (excludes halogenated alkanes) is 35. The molecular weight excluding hydrogens is 877 g/mol. The van der Waals surface area contributed by atoms with E-state index in [2.05, 4.69) is 81.5 Å². The average Bonchev–Trinajstić information content (AvgIpc) is 3.37. The van der Waals surface area contributed by atoms with Gasteiger partial charge in [0.25, 0.3) is 0 Å². The van der Waals surface area contributed by atoms with Crippen molar-refractivity contribution in [2.24, 2.45) is 0 Å². The van der Waals surface area contributed by atoms with E-state index in [9.17, 15) is 14.4 Å². The third kappa shape index (κ3) is 57.9. The molecule has 0 aromatic carbocycles. The lowest BCUT2D eigenvalue weighted by Gasteiger charge is -2.18. The van der Waals surface area contributed by atoms with E-state index in [0.29, 0.717) is 19.3 Å². The van der Waals surface area contributed by atoms with Crippen molar-refractivity contribution in [3.63, 3.8) is 0 Å². The zero-order valence-electron chi connectivity index (χ0n) is 47.2. The van der Waals surface area contributed by atoms with Crippen molar-refractivity contribution in [2.45, 2.75) is 322 Å². The summed E-state index contributed by atoms with van der Waals surface area (Å²) in [7, 11) is 0. The molecular formula is C65H116O6. The quantitative estimate of drug-likeness (QED) is 0.0261. The number of carbonyl (C=O) groups is 3. The third-order valence-corrected chi connectivity index (χ3v) is 13.5. The van der Waals surface area contributed by atoms with Gasteiger partial charge >= 0.3 is 17.9 Å². The molecule has 0 aliphatic carbocycles. The Labute approximate surface area is 440 Å². The van der Waals surface area contributed by atoms with Crippen molar-refractivity contribution in [3.8, 4) is 0 Å². The molecule has 71 heavy (non-hydrogen) atoms. The highest BCUT2D eigenvalue weighted by atomic mass is 16.6. The van der Waals surface area contributed by atoms with E-state index < -0.39 is 6.10 Å². The number of carbonyl (C=O) groups excluding carboxylic acids is 3. The minimum atomic E-state index is -0.777. The summed E-state index contributed by atoms with van der Waals surface area (Å²) < 4.78 is 16.7. The van der Waals surface area contributed by atoms with Crippen LogP contribution in [-0.4, -0.2) is 37.2 Å². The predicted octanol–water partition coefficient (Wildman–Crippen LogP) is 20.8. The first kappa shape index (κ1) is 68.1. The summed E-state index contributed by atoms with van der Waals surface area (Å²) in [6.07, 6.45) is 75.6. The fourth-order valence-corrected chi connectivity index (χ4v) is 8.83. The zero-order chi connectivity index (χ0) is 51.4. The van der Waals surface area contributed by atoms with E-state index >= 15 is 0 Å². The second-order valence-corrected chi connectivity index (χ2v) is 20.6. The molecule has 0 aromatic rings. The molecule has 0 aliphatic rings. The molecule has 0 saturated carbocycles. The van der Waals surface area contributed by atoms with Gasteiger partial charge < -0.3 is 14.2 Å². The van der Waals surface area contributed by atoms with Gasteiger partial charge in [-0.25, -0.2) is 0 Å². The molecule has 6 heteroatoms. The Kier molecular flexibility index (Phi) is 57.2. The van der Waals surface area contributed by atoms with Gasteiger partial charge in [-0.15, -0.1) is 0 Å². The highest BCUT2D eigenvalue weighted by Crippen LogP contribution is 2.16. The number of hydrogen-bond donors (Lipinski definition) is 0. The van der Waals surface area contributed by atoms with Gasteiger partial charge in [0, 0.05) is 19.3 Å². The lowest BCUT2D eigenvalue weighted by Crippen LogP contribution is -2.30. The van der Waals surface area contributed by atoms with Crippen LogP contribution in [-0.2, 0) is 28.6 Å². The van der Waals surface area contributed by atoms with E-state index in [0.717, 1.165) is 96.3 Å². The molecule has 0 aliphatic heterocycles. The Morgan fingerprint density at radius 2 is 0.507 bits per heavy atom. The normalized spacial score (nSPS) is 12.4. The van der Waals surface area contributed by atoms with Gasteiger partial charge in [0.2, 0.25) is 0 Å². The fourth-order valence-electron chi connectivity index (χ4n) is 8.83. The molecule has 6 nitrogen and oxygen atoms in total. The van der Waals surface area contributed by atoms with Crippen molar-refractivity contribution in [1.82, 2.24) is 0 Å². The highest BCUT2D eigenvalue weighted by Gasteiger charge is 2.19. The van der Waals surface area contributed by atoms with Crippen molar-refractivity contribution in [2.75, 3.05) is 13.2 Å². The average molecular weight is 994 g/mol. The Bertz CT molecular complexity index is 1280. The molecule has 0 heterocycles. The fraction of sp³-hybridized carbons (Fsp3) is 0.800. The number of esters is 3. The largest absolute Gasteiger partial charge is 0.462 e. The number of ether oxygens (including phenoxy) is 3. The van der Waals surface area contributed by atoms with Crippen LogP contribution in [0.4, 0.5) is 0 Å². The van der Waals surface area contributed by atoms with Crippen LogP contribution >= 0.6 is 0 Å². The predicted molar refractivity (Wildman–Crippen MR) is 307 cm³/mol. The molecule has 0 aromatic heterocycles. The summed E-state index contributed by atoms with van der Waals surface area (Å²) in [6, 6.07) is 0. The van der Waals surface area contributed by atoms with Gasteiger partial charge in [-0.3, -0.25) is 14.4 Å². The second kappa shape index (κ2) is 59.7. The van der Waals surface area contributed by atoms with Crippen LogP contribution in [0.5, 0.6) is 0 Å². The molecule has 1 atom stereocenters. The molecule has 0 N–H and O–H groups in total. The molecule has 0 radical (unpaired) electrons. The van der Waals surface area contributed by atoms with Crippen LogP contribution < -0.4 is 0 Å². The topological polar surface area (TPSA) is 78.9 Å². The van der Waals surface area contributed by atoms with Crippen LogP contribution in [0.15, 0.2) is 60.8 Å². The molecule has 412 valence electrons. The first-order chi connectivity index (χ1) is 35.0. The van der Waals surface area contributed by atoms with Crippen LogP contribution in [0.2, 0.25) is 0 Å². The maximum Gasteiger partial charge on any atom is 0.306 e. The van der Waals surface area contributed by atoms with E-state index in [1.54, 1.807) is 0 Å². The van der Waals surface area contributed by atoms with E-state index in [1.165, 1.54) is 180 Å². The number of rotatable bonds is 56. The standard InChI is InChI=1S/C65H116O6/c1-4-7-10-13-15-17-19-21-23-25-27-29-30-31-32-33-34-36-37-39-41-43-45-47-49-52-55-58-64(67)70-61-62(60-69-63(66)57-54-51-12-9-6-3)71-65(68)59-56-53-50-48-46-44-42-40-38-35-28-26-24-22-20-18-16-14-11-8-5-2/h19-22,25-28,38,40,62H,4-18,23-24,29-37,39,41-61H2,1-3H3/b21-19-,22-20-,27-25-,28-26-,40-38-. The summed E-state index contributed by atoms with van der Waals surface area (Å²) in [5.74, 6) is -0.893. The Morgan fingerprint density at radius 3 is 0.789 bits per heavy atom. The summed E-state index contributed by atoms with van der Waals surface area (Å²) in [5.41, 5.74) is 0. The van der Waals surface area contributed by atoms with Gasteiger partial charge in [-0.1, -0.05) is 268 Å². The van der Waals surface area contributed by atoms with Crippen LogP contribution in [0, 0.1) is 0 Å². The molecule has 1 unspecified atom stereocenters. The summed E-state index contributed by atoms with van der Waals surface area (Å²) in [6.45, 7) is 6.55. The summed E-state index contributed by atoms with van der Waals surface area (Å²) in [4.78, 5) is 37.9. The smallest absolute Gasteiger partial charge is 0.306 e. The van der Waals surface area contributed by atoms with Crippen molar-refractivity contribution in [1.29, 1.82) is 0 Å². The lowest BCUT2D eigenvalue weighted by molar-refractivity contribution is -0.167. The minimum absolute atomic E-state index is 0.0780. The molecule has 0 spiro atoms. The van der Waals surface area contributed by atoms with Gasteiger partial charge in [0.1, 0.15) is 13.2 Å². The number of hydrogen-bond acceptors (Lipinski definition) is 6. The van der Waals surface area contributed by atoms with E-state index in [4.69, 9.17) is 14.2 Å². The SMILES string of the molecule is CCCCCCC/C=C\C/C=C\C/C=C\CCCCCCCCC(=O)OC(COC(=O)CCCCCCC)COC(=O)CCCCCCCCCCCCCCCCC/C=C\C/C=C\CCCCCCC. The van der Waals surface area contributed by atoms with Gasteiger partial charge in [-0.2, -0.15) is 0 Å². The first-order valence-corrected chi connectivity index (χ1v) is 30.8. The van der Waals surface area contributed by atoms with Crippen LogP contribution in [0.1, 0.15) is 316 Å². The Morgan fingerprint density at radius 1 is 0.282 bits per heavy atom. The van der Waals surface area contributed by atoms with E-state index in [-0.39, 0.29) is 31.1 Å². The van der Waals surface area contributed by atoms with Crippen molar-refractivity contribution in [3.05, 3.63) is 60.8 Å². The first-order valence-electron chi connectivity index (χ1n) is 30.8. The molecule has 0 bridgehead atoms. The molecule has 0 saturated heterocycles. The molecule has 0 rings (SSSR count). The monoisotopic (exact) mass is 993 g/mol. The summed E-state index contributed by atoms with van der Waals surface area (Å²) in [5, 5.41) is 0. The maximum absolute atomic E-state index is 12.8. The van der Waals surface area contributed by atoms with Gasteiger partial charge in [0.05, 0.1) is 0 Å². The van der Waals surface area contributed by atoms with Crippen LogP contribution in [0.25, 0.3) is 0 Å². The van der Waals surface area contributed by atoms with Gasteiger partial charge in [0.15, 0.2) is 6.10 Å². The third-order valence-electron chi connectivity index (χ3n) is 13.5. The lowest BCUT2D eigenvalue weighted by atomic mass is 10.0. The van der Waals surface area contributed by atoms with E-state index in [1.807, 2.05) is 0 Å². The molecule has 0 fully saturated rings. The number of allylic oxidation sites excluding steroid dienone is 10. The summed E-state index contributed by atoms with van der Waals surface area (Å²) >= 11 is 0. The van der Waals surface area contributed by atoms with Crippen molar-refractivity contribution >= 4 is 17.9 Å². The maximum atomic E-state index is 12.8. The zero-order valence-corrected chi connectivity index (χ0v) is 47.2. The molecule has 0 amide bonds. The van der Waals surface area contributed by atoms with Crippen molar-refractivity contribution < 1.29 is 28.6 Å². The highest BCUT2D eigenvalue weighted by molar-refractivity contribution is 5.71. The van der Waals surface area contributed by atoms with Crippen LogP contribution in [0.3, 0.4) is 0 Å². The minimum Gasteiger partial charge on any atom is -0.462 e. The Balaban J connectivity index is 4.05. The second-order valence-electron chi connectivity index (χ2n) is 20.6.